The van der Waals surface area contributed by atoms with Crippen molar-refractivity contribution in [3.8, 4) is 0 Å². The number of hydrogen-bond donors (Lipinski definition) is 1. The molecular weight excluding hydrogens is 160 g/mol. The van der Waals surface area contributed by atoms with Crippen molar-refractivity contribution in [2.45, 2.75) is 18.9 Å². The Bertz CT molecular complexity index is 101. The highest BCUT2D eigenvalue weighted by Gasteiger charge is 2.24. The molecular formula is C7H16N2OS. The third-order valence-corrected chi connectivity index (χ3v) is 2.79. The molecule has 0 aromatic heterocycles. The standard InChI is InChI=1S/C7H16N2OS/c1-8-11-9-5-3-4-7(9)6-10-2/h7-8H,3-6H2,1-2H3. The third-order valence-electron chi connectivity index (χ3n) is 1.89. The molecule has 0 spiro atoms. The van der Waals surface area contributed by atoms with Gasteiger partial charge in [0.05, 0.1) is 6.61 Å². The topological polar surface area (TPSA) is 24.5 Å². The van der Waals surface area contributed by atoms with E-state index in [1.807, 2.05) is 7.05 Å². The van der Waals surface area contributed by atoms with Crippen LogP contribution in [0.4, 0.5) is 0 Å². The second kappa shape index (κ2) is 4.98. The Morgan fingerprint density at radius 3 is 3.18 bits per heavy atom. The van der Waals surface area contributed by atoms with Crippen molar-refractivity contribution < 1.29 is 4.74 Å². The molecule has 11 heavy (non-hydrogen) atoms. The first-order chi connectivity index (χ1) is 5.38. The lowest BCUT2D eigenvalue weighted by atomic mass is 10.2. The number of methoxy groups -OCH3 is 1. The second-order valence-electron chi connectivity index (χ2n) is 2.69. The van der Waals surface area contributed by atoms with Gasteiger partial charge >= 0.3 is 0 Å². The quantitative estimate of drug-likeness (QED) is 0.643. The second-order valence-corrected chi connectivity index (χ2v) is 3.75. The summed E-state index contributed by atoms with van der Waals surface area (Å²) in [5.74, 6) is 0. The van der Waals surface area contributed by atoms with Crippen LogP contribution in [0.2, 0.25) is 0 Å². The summed E-state index contributed by atoms with van der Waals surface area (Å²) < 4.78 is 10.6. The zero-order valence-electron chi connectivity index (χ0n) is 7.17. The Morgan fingerprint density at radius 2 is 2.55 bits per heavy atom. The molecule has 0 aromatic rings. The van der Waals surface area contributed by atoms with E-state index in [9.17, 15) is 0 Å². The Balaban J connectivity index is 2.25. The summed E-state index contributed by atoms with van der Waals surface area (Å²) in [6.07, 6.45) is 2.56. The SMILES string of the molecule is CNSN1CCCC1COC. The van der Waals surface area contributed by atoms with E-state index in [-0.39, 0.29) is 0 Å². The molecule has 3 nitrogen and oxygen atoms in total. The van der Waals surface area contributed by atoms with Crippen molar-refractivity contribution in [1.82, 2.24) is 9.03 Å². The lowest BCUT2D eigenvalue weighted by Crippen LogP contribution is -2.29. The molecule has 0 aromatic carbocycles. The van der Waals surface area contributed by atoms with Gasteiger partial charge in [0.1, 0.15) is 0 Å². The fraction of sp³-hybridized carbons (Fsp3) is 1.00. The average molecular weight is 176 g/mol. The molecule has 0 aliphatic carbocycles. The van der Waals surface area contributed by atoms with Crippen molar-refractivity contribution in [3.63, 3.8) is 0 Å². The van der Waals surface area contributed by atoms with Gasteiger partial charge in [-0.2, -0.15) is 0 Å². The van der Waals surface area contributed by atoms with Crippen molar-refractivity contribution in [1.29, 1.82) is 0 Å². The highest BCUT2D eigenvalue weighted by molar-refractivity contribution is 7.95. The van der Waals surface area contributed by atoms with Gasteiger partial charge in [0.25, 0.3) is 0 Å². The molecule has 4 heteroatoms. The largest absolute Gasteiger partial charge is 0.383 e. The molecule has 0 saturated carbocycles. The molecule has 0 bridgehead atoms. The first-order valence-corrected chi connectivity index (χ1v) is 4.75. The molecule has 1 heterocycles. The van der Waals surface area contributed by atoms with E-state index in [4.69, 9.17) is 4.74 Å². The predicted octanol–water partition coefficient (Wildman–Crippen LogP) is 0.880. The van der Waals surface area contributed by atoms with Gasteiger partial charge in [-0.1, -0.05) is 0 Å². The van der Waals surface area contributed by atoms with Gasteiger partial charge in [-0.15, -0.1) is 0 Å². The van der Waals surface area contributed by atoms with E-state index in [1.165, 1.54) is 19.4 Å². The molecule has 1 rings (SSSR count). The smallest absolute Gasteiger partial charge is 0.0627 e. The van der Waals surface area contributed by atoms with Gasteiger partial charge in [0.2, 0.25) is 0 Å². The van der Waals surface area contributed by atoms with E-state index >= 15 is 0 Å². The van der Waals surface area contributed by atoms with Crippen LogP contribution in [0.5, 0.6) is 0 Å². The summed E-state index contributed by atoms with van der Waals surface area (Å²) >= 11 is 1.69. The Labute approximate surface area is 72.7 Å². The lowest BCUT2D eigenvalue weighted by molar-refractivity contribution is 0.152. The minimum absolute atomic E-state index is 0.609. The van der Waals surface area contributed by atoms with Crippen LogP contribution in [0.1, 0.15) is 12.8 Å². The van der Waals surface area contributed by atoms with Crippen molar-refractivity contribution >= 4 is 12.1 Å². The van der Waals surface area contributed by atoms with Crippen LogP contribution in [0.15, 0.2) is 0 Å². The van der Waals surface area contributed by atoms with E-state index < -0.39 is 0 Å². The third kappa shape index (κ3) is 2.63. The van der Waals surface area contributed by atoms with Gasteiger partial charge in [-0.3, -0.25) is 4.72 Å². The van der Waals surface area contributed by atoms with E-state index in [0.717, 1.165) is 6.61 Å². The highest BCUT2D eigenvalue weighted by Crippen LogP contribution is 2.22. The van der Waals surface area contributed by atoms with Gasteiger partial charge in [-0.25, -0.2) is 4.31 Å². The van der Waals surface area contributed by atoms with Crippen molar-refractivity contribution in [2.24, 2.45) is 0 Å². The number of ether oxygens (including phenoxy) is 1. The minimum atomic E-state index is 0.609. The fourth-order valence-electron chi connectivity index (χ4n) is 1.41. The summed E-state index contributed by atoms with van der Waals surface area (Å²) in [5, 5.41) is 0. The zero-order chi connectivity index (χ0) is 8.10. The summed E-state index contributed by atoms with van der Waals surface area (Å²) in [5.41, 5.74) is 0. The fourth-order valence-corrected chi connectivity index (χ4v) is 2.18. The molecule has 1 fully saturated rings. The number of nitrogens with zero attached hydrogens (tertiary/aromatic N) is 1. The van der Waals surface area contributed by atoms with Crippen LogP contribution in [0.25, 0.3) is 0 Å². The van der Waals surface area contributed by atoms with E-state index in [1.54, 1.807) is 19.2 Å². The summed E-state index contributed by atoms with van der Waals surface area (Å²) in [7, 11) is 3.72. The van der Waals surface area contributed by atoms with Crippen LogP contribution in [0.3, 0.4) is 0 Å². The number of rotatable bonds is 4. The highest BCUT2D eigenvalue weighted by atomic mass is 32.2. The summed E-state index contributed by atoms with van der Waals surface area (Å²) in [6, 6.07) is 0.609. The predicted molar refractivity (Wildman–Crippen MR) is 48.3 cm³/mol. The van der Waals surface area contributed by atoms with Crippen molar-refractivity contribution in [3.05, 3.63) is 0 Å². The maximum atomic E-state index is 5.12. The molecule has 1 aliphatic rings. The molecule has 0 amide bonds. The van der Waals surface area contributed by atoms with E-state index in [2.05, 4.69) is 9.03 Å². The average Bonchev–Trinajstić information content (AvgIpc) is 2.39. The molecule has 66 valence electrons. The van der Waals surface area contributed by atoms with Gasteiger partial charge in [0, 0.05) is 31.8 Å². The van der Waals surface area contributed by atoms with Crippen LogP contribution < -0.4 is 4.72 Å². The monoisotopic (exact) mass is 176 g/mol. The first kappa shape index (κ1) is 9.32. The first-order valence-electron chi connectivity index (χ1n) is 3.97. The molecule has 1 unspecified atom stereocenters. The van der Waals surface area contributed by atoms with Gasteiger partial charge in [0.15, 0.2) is 0 Å². The Hall–Kier alpha value is 0.230. The van der Waals surface area contributed by atoms with Crippen molar-refractivity contribution in [2.75, 3.05) is 27.3 Å². The zero-order valence-corrected chi connectivity index (χ0v) is 7.99. The number of hydrogen-bond acceptors (Lipinski definition) is 4. The Kier molecular flexibility index (Phi) is 4.22. The summed E-state index contributed by atoms with van der Waals surface area (Å²) in [4.78, 5) is 0. The van der Waals surface area contributed by atoms with Crippen LogP contribution in [0, 0.1) is 0 Å². The normalized spacial score (nSPS) is 26.2. The molecule has 1 N–H and O–H groups in total. The maximum Gasteiger partial charge on any atom is 0.0627 e. The Morgan fingerprint density at radius 1 is 1.73 bits per heavy atom. The van der Waals surface area contributed by atoms with Gasteiger partial charge in [-0.05, 0) is 19.9 Å². The lowest BCUT2D eigenvalue weighted by Gasteiger charge is -2.21. The van der Waals surface area contributed by atoms with Gasteiger partial charge < -0.3 is 4.74 Å². The van der Waals surface area contributed by atoms with Crippen LogP contribution >= 0.6 is 12.1 Å². The molecule has 1 saturated heterocycles. The number of nitrogens with one attached hydrogen (secondary N) is 1. The summed E-state index contributed by atoms with van der Waals surface area (Å²) in [6.45, 7) is 2.04. The molecule has 1 atom stereocenters. The van der Waals surface area contributed by atoms with Crippen LogP contribution in [-0.2, 0) is 4.74 Å². The molecule has 0 radical (unpaired) electrons. The maximum absolute atomic E-state index is 5.12. The molecule has 1 aliphatic heterocycles. The minimum Gasteiger partial charge on any atom is -0.383 e. The van der Waals surface area contributed by atoms with Crippen LogP contribution in [-0.4, -0.2) is 37.7 Å². The van der Waals surface area contributed by atoms with E-state index in [0.29, 0.717) is 6.04 Å².